The summed E-state index contributed by atoms with van der Waals surface area (Å²) in [4.78, 5) is 22.7. The van der Waals surface area contributed by atoms with Crippen LogP contribution < -0.4 is 5.32 Å². The Morgan fingerprint density at radius 1 is 1.25 bits per heavy atom. The predicted molar refractivity (Wildman–Crippen MR) is 74.8 cm³/mol. The third-order valence-electron chi connectivity index (χ3n) is 3.46. The number of fused-ring (bicyclic) bond motifs is 1. The van der Waals surface area contributed by atoms with Gasteiger partial charge in [-0.3, -0.25) is 9.59 Å². The van der Waals surface area contributed by atoms with Crippen molar-refractivity contribution >= 4 is 12.2 Å². The third kappa shape index (κ3) is 2.13. The molecule has 2 heterocycles. The summed E-state index contributed by atoms with van der Waals surface area (Å²) in [5.74, 6) is 0.894. The highest BCUT2D eigenvalue weighted by molar-refractivity contribution is 5.98. The molecule has 1 aromatic heterocycles. The van der Waals surface area contributed by atoms with E-state index in [4.69, 9.17) is 4.42 Å². The van der Waals surface area contributed by atoms with Crippen molar-refractivity contribution in [1.29, 1.82) is 0 Å². The molecule has 102 valence electrons. The number of rotatable bonds is 2. The molecule has 1 aliphatic heterocycles. The van der Waals surface area contributed by atoms with E-state index in [9.17, 15) is 9.59 Å². The fraction of sp³-hybridized carbons (Fsp3) is 0.250. The number of aldehydes is 1. The maximum absolute atomic E-state index is 12.0. The molecule has 0 saturated carbocycles. The Kier molecular flexibility index (Phi) is 2.74. The summed E-state index contributed by atoms with van der Waals surface area (Å²) in [5, 5.41) is 2.98. The van der Waals surface area contributed by atoms with Crippen LogP contribution in [0.25, 0.3) is 11.3 Å². The van der Waals surface area contributed by atoms with Gasteiger partial charge in [0.25, 0.3) is 5.91 Å². The topological polar surface area (TPSA) is 59.3 Å². The summed E-state index contributed by atoms with van der Waals surface area (Å²) in [5.41, 5.74) is 2.33. The Labute approximate surface area is 116 Å². The lowest BCUT2D eigenvalue weighted by Gasteiger charge is -2.32. The van der Waals surface area contributed by atoms with Crippen LogP contribution in [0.1, 0.15) is 40.3 Å². The first kappa shape index (κ1) is 12.7. The minimum atomic E-state index is -0.250. The monoisotopic (exact) mass is 269 g/mol. The smallest absolute Gasteiger partial charge is 0.251 e. The number of hydrogen-bond donors (Lipinski definition) is 1. The van der Waals surface area contributed by atoms with E-state index in [0.717, 1.165) is 17.5 Å². The van der Waals surface area contributed by atoms with Crippen molar-refractivity contribution in [2.45, 2.75) is 25.8 Å². The van der Waals surface area contributed by atoms with Crippen molar-refractivity contribution in [3.05, 3.63) is 47.2 Å². The fourth-order valence-corrected chi connectivity index (χ4v) is 2.58. The quantitative estimate of drug-likeness (QED) is 0.853. The fourth-order valence-electron chi connectivity index (χ4n) is 2.58. The van der Waals surface area contributed by atoms with Crippen LogP contribution in [0.5, 0.6) is 0 Å². The van der Waals surface area contributed by atoms with E-state index >= 15 is 0 Å². The maximum Gasteiger partial charge on any atom is 0.251 e. The molecule has 4 heteroatoms. The third-order valence-corrected chi connectivity index (χ3v) is 3.46. The van der Waals surface area contributed by atoms with E-state index in [1.807, 2.05) is 26.0 Å². The van der Waals surface area contributed by atoms with Crippen LogP contribution in [0.3, 0.4) is 0 Å². The van der Waals surface area contributed by atoms with E-state index in [0.29, 0.717) is 23.4 Å². The summed E-state index contributed by atoms with van der Waals surface area (Å²) < 4.78 is 5.42. The summed E-state index contributed by atoms with van der Waals surface area (Å²) in [6.45, 7) is 4.00. The Balaban J connectivity index is 2.04. The van der Waals surface area contributed by atoms with Gasteiger partial charge in [0.1, 0.15) is 5.76 Å². The molecule has 0 fully saturated rings. The zero-order chi connectivity index (χ0) is 14.3. The standard InChI is InChI=1S/C16H15NO3/c1-16(2)8-11-7-10(3-5-13(11)15(19)17-16)14-6-4-12(9-18)20-14/h3-7,9H,8H2,1-2H3,(H,17,19). The SMILES string of the molecule is CC1(C)Cc2cc(-c3ccc(C=O)o3)ccc2C(=O)N1. The molecule has 0 radical (unpaired) electrons. The van der Waals surface area contributed by atoms with Crippen LogP contribution in [0.15, 0.2) is 34.7 Å². The van der Waals surface area contributed by atoms with Crippen LogP contribution in [0, 0.1) is 0 Å². The molecule has 2 aromatic rings. The molecule has 4 nitrogen and oxygen atoms in total. The predicted octanol–water partition coefficient (Wildman–Crippen LogP) is 2.82. The molecular formula is C16H15NO3. The van der Waals surface area contributed by atoms with Gasteiger partial charge in [0, 0.05) is 16.7 Å². The van der Waals surface area contributed by atoms with Crippen molar-refractivity contribution in [1.82, 2.24) is 5.32 Å². The molecule has 0 atom stereocenters. The van der Waals surface area contributed by atoms with Gasteiger partial charge in [-0.1, -0.05) is 6.07 Å². The zero-order valence-electron chi connectivity index (χ0n) is 11.4. The van der Waals surface area contributed by atoms with Crippen LogP contribution >= 0.6 is 0 Å². The van der Waals surface area contributed by atoms with Crippen molar-refractivity contribution in [3.8, 4) is 11.3 Å². The number of hydrogen-bond acceptors (Lipinski definition) is 3. The molecule has 3 rings (SSSR count). The van der Waals surface area contributed by atoms with Gasteiger partial charge in [-0.25, -0.2) is 0 Å². The molecule has 1 amide bonds. The average Bonchev–Trinajstić information content (AvgIpc) is 2.85. The molecule has 0 aliphatic carbocycles. The van der Waals surface area contributed by atoms with Gasteiger partial charge in [-0.05, 0) is 50.1 Å². The van der Waals surface area contributed by atoms with Crippen LogP contribution in [0.2, 0.25) is 0 Å². The zero-order valence-corrected chi connectivity index (χ0v) is 11.4. The van der Waals surface area contributed by atoms with Crippen LogP contribution in [0.4, 0.5) is 0 Å². The number of amides is 1. The lowest BCUT2D eigenvalue weighted by molar-refractivity contribution is 0.0896. The average molecular weight is 269 g/mol. The largest absolute Gasteiger partial charge is 0.453 e. The first-order chi connectivity index (χ1) is 9.48. The molecule has 0 unspecified atom stereocenters. The molecule has 0 bridgehead atoms. The van der Waals surface area contributed by atoms with Gasteiger partial charge in [-0.15, -0.1) is 0 Å². The molecule has 1 aliphatic rings. The van der Waals surface area contributed by atoms with Gasteiger partial charge >= 0.3 is 0 Å². The Hall–Kier alpha value is -2.36. The van der Waals surface area contributed by atoms with Gasteiger partial charge in [0.05, 0.1) is 0 Å². The summed E-state index contributed by atoms with van der Waals surface area (Å²) >= 11 is 0. The normalized spacial score (nSPS) is 16.4. The highest BCUT2D eigenvalue weighted by atomic mass is 16.3. The Morgan fingerprint density at radius 2 is 2.05 bits per heavy atom. The minimum Gasteiger partial charge on any atom is -0.453 e. The van der Waals surface area contributed by atoms with Gasteiger partial charge in [-0.2, -0.15) is 0 Å². The first-order valence-electron chi connectivity index (χ1n) is 6.49. The molecule has 20 heavy (non-hydrogen) atoms. The number of carbonyl (C=O) groups excluding carboxylic acids is 2. The molecule has 1 N–H and O–H groups in total. The van der Waals surface area contributed by atoms with E-state index in [1.54, 1.807) is 18.2 Å². The highest BCUT2D eigenvalue weighted by Crippen LogP contribution is 2.29. The van der Waals surface area contributed by atoms with E-state index in [-0.39, 0.29) is 11.4 Å². The van der Waals surface area contributed by atoms with Crippen molar-refractivity contribution in [2.24, 2.45) is 0 Å². The van der Waals surface area contributed by atoms with Gasteiger partial charge in [0.15, 0.2) is 12.0 Å². The molecule has 0 spiro atoms. The molecule has 1 aromatic carbocycles. The number of carbonyl (C=O) groups is 2. The maximum atomic E-state index is 12.0. The van der Waals surface area contributed by atoms with E-state index in [2.05, 4.69) is 5.32 Å². The second-order valence-corrected chi connectivity index (χ2v) is 5.71. The molecular weight excluding hydrogens is 254 g/mol. The number of benzene rings is 1. The van der Waals surface area contributed by atoms with Crippen molar-refractivity contribution in [2.75, 3.05) is 0 Å². The second kappa shape index (κ2) is 4.34. The Bertz CT molecular complexity index is 697. The summed E-state index contributed by atoms with van der Waals surface area (Å²) in [6.07, 6.45) is 1.45. The number of nitrogens with one attached hydrogen (secondary N) is 1. The van der Waals surface area contributed by atoms with E-state index in [1.165, 1.54) is 0 Å². The summed E-state index contributed by atoms with van der Waals surface area (Å²) in [6, 6.07) is 9.00. The highest BCUT2D eigenvalue weighted by Gasteiger charge is 2.29. The van der Waals surface area contributed by atoms with Gasteiger partial charge < -0.3 is 9.73 Å². The van der Waals surface area contributed by atoms with Crippen molar-refractivity contribution in [3.63, 3.8) is 0 Å². The molecule has 0 saturated heterocycles. The second-order valence-electron chi connectivity index (χ2n) is 5.71. The van der Waals surface area contributed by atoms with Crippen LogP contribution in [-0.2, 0) is 6.42 Å². The Morgan fingerprint density at radius 3 is 2.75 bits per heavy atom. The minimum absolute atomic E-state index is 0.0455. The van der Waals surface area contributed by atoms with Crippen LogP contribution in [-0.4, -0.2) is 17.7 Å². The number of furan rings is 1. The lowest BCUT2D eigenvalue weighted by Crippen LogP contribution is -2.49. The first-order valence-corrected chi connectivity index (χ1v) is 6.49. The van der Waals surface area contributed by atoms with Crippen molar-refractivity contribution < 1.29 is 14.0 Å². The lowest BCUT2D eigenvalue weighted by atomic mass is 9.86. The van der Waals surface area contributed by atoms with Gasteiger partial charge in [0.2, 0.25) is 0 Å². The van der Waals surface area contributed by atoms with E-state index < -0.39 is 0 Å². The summed E-state index contributed by atoms with van der Waals surface area (Å²) in [7, 11) is 0.